The fourth-order valence-electron chi connectivity index (χ4n) is 11.8. The van der Waals surface area contributed by atoms with Crippen LogP contribution in [0.4, 0.5) is 0 Å². The molecule has 0 saturated heterocycles. The standard InChI is InChI=1S/C30H46O6/c1-16(2)17-9-12-30(25(35)36)14-13-27(4)18(21(17)30)7-8-20-28(27,5)11-10-19-26(3,15-31)23(32)22(24(33)34)29(19,20)6/h17-23,31-32H,1,7-15H2,2-6H3,(H,33,34)(H,35,36)/t17-,18?,19?,20?,21?,22+,23-,26+,27+,28+,29-,30-/m0/s1. The molecule has 5 aliphatic rings. The van der Waals surface area contributed by atoms with E-state index < -0.39 is 40.2 Å². The van der Waals surface area contributed by atoms with Crippen LogP contribution in [0.2, 0.25) is 0 Å². The molecule has 0 aromatic carbocycles. The maximum Gasteiger partial charge on any atom is 0.309 e. The molecule has 0 amide bonds. The van der Waals surface area contributed by atoms with Gasteiger partial charge in [-0.25, -0.2) is 0 Å². The van der Waals surface area contributed by atoms with Gasteiger partial charge in [0, 0.05) is 5.41 Å². The molecule has 4 N–H and O–H groups in total. The first kappa shape index (κ1) is 26.2. The van der Waals surface area contributed by atoms with E-state index in [1.54, 1.807) is 0 Å². The number of rotatable bonds is 4. The quantitative estimate of drug-likeness (QED) is 0.403. The molecule has 0 aromatic heterocycles. The van der Waals surface area contributed by atoms with E-state index in [1.807, 2.05) is 6.92 Å². The van der Waals surface area contributed by atoms with Gasteiger partial charge < -0.3 is 20.4 Å². The lowest BCUT2D eigenvalue weighted by atomic mass is 9.34. The monoisotopic (exact) mass is 502 g/mol. The van der Waals surface area contributed by atoms with Crippen molar-refractivity contribution in [3.63, 3.8) is 0 Å². The summed E-state index contributed by atoms with van der Waals surface area (Å²) >= 11 is 0. The maximum absolute atomic E-state index is 12.8. The molecular weight excluding hydrogens is 456 g/mol. The van der Waals surface area contributed by atoms with Crippen molar-refractivity contribution in [2.75, 3.05) is 6.61 Å². The minimum absolute atomic E-state index is 0.0688. The third-order valence-corrected chi connectivity index (χ3v) is 13.7. The zero-order valence-corrected chi connectivity index (χ0v) is 22.7. The van der Waals surface area contributed by atoms with Gasteiger partial charge >= 0.3 is 11.9 Å². The predicted molar refractivity (Wildman–Crippen MR) is 136 cm³/mol. The molecule has 6 heteroatoms. The van der Waals surface area contributed by atoms with Gasteiger partial charge in [-0.15, -0.1) is 0 Å². The molecule has 12 atom stereocenters. The minimum atomic E-state index is -1.09. The van der Waals surface area contributed by atoms with E-state index in [1.165, 1.54) is 0 Å². The van der Waals surface area contributed by atoms with E-state index in [2.05, 4.69) is 34.3 Å². The maximum atomic E-state index is 12.8. The predicted octanol–water partition coefficient (Wildman–Crippen LogP) is 4.98. The van der Waals surface area contributed by atoms with Crippen molar-refractivity contribution in [1.82, 2.24) is 0 Å². The minimum Gasteiger partial charge on any atom is -0.481 e. The second-order valence-corrected chi connectivity index (χ2v) is 14.4. The molecule has 5 aliphatic carbocycles. The number of carboxylic acid groups (broad SMARTS) is 2. The van der Waals surface area contributed by atoms with Crippen molar-refractivity contribution in [3.05, 3.63) is 12.2 Å². The molecule has 0 radical (unpaired) electrons. The summed E-state index contributed by atoms with van der Waals surface area (Å²) in [4.78, 5) is 25.5. The van der Waals surface area contributed by atoms with Gasteiger partial charge in [0.1, 0.15) is 0 Å². The lowest BCUT2D eigenvalue weighted by Gasteiger charge is -2.70. The fourth-order valence-corrected chi connectivity index (χ4v) is 11.8. The number of aliphatic hydroxyl groups is 2. The van der Waals surface area contributed by atoms with Gasteiger partial charge in [0.2, 0.25) is 0 Å². The van der Waals surface area contributed by atoms with Gasteiger partial charge in [0.05, 0.1) is 24.0 Å². The van der Waals surface area contributed by atoms with Crippen LogP contribution in [0.15, 0.2) is 12.2 Å². The Balaban J connectivity index is 1.62. The molecule has 0 aromatic rings. The van der Waals surface area contributed by atoms with Crippen LogP contribution >= 0.6 is 0 Å². The number of carboxylic acids is 2. The molecule has 0 bridgehead atoms. The van der Waals surface area contributed by atoms with E-state index in [9.17, 15) is 30.0 Å². The lowest BCUT2D eigenvalue weighted by Crippen LogP contribution is -2.65. The van der Waals surface area contributed by atoms with Gasteiger partial charge in [0.25, 0.3) is 0 Å². The van der Waals surface area contributed by atoms with Crippen LogP contribution in [0.3, 0.4) is 0 Å². The summed E-state index contributed by atoms with van der Waals surface area (Å²) in [6.45, 7) is 14.8. The fraction of sp³-hybridized carbons (Fsp3) is 0.867. The number of carbonyl (C=O) groups is 2. The SMILES string of the molecule is C=C(C)[C@@H]1CC[C@]2(C(=O)O)CC[C@]3(C)C(CCC4[C@]5(C)C(CC[C@]43C)[C@@](C)(CO)[C@@H](O)[C@@H]5C(=O)O)C12. The van der Waals surface area contributed by atoms with Crippen LogP contribution < -0.4 is 0 Å². The van der Waals surface area contributed by atoms with Crippen LogP contribution in [-0.2, 0) is 9.59 Å². The van der Waals surface area contributed by atoms with Crippen molar-refractivity contribution in [1.29, 1.82) is 0 Å². The Morgan fingerprint density at radius 1 is 0.889 bits per heavy atom. The molecule has 5 saturated carbocycles. The lowest BCUT2D eigenvalue weighted by molar-refractivity contribution is -0.229. The summed E-state index contributed by atoms with van der Waals surface area (Å²) < 4.78 is 0. The van der Waals surface area contributed by atoms with Crippen LogP contribution in [0.1, 0.15) is 86.0 Å². The first-order chi connectivity index (χ1) is 16.7. The number of aliphatic carboxylic acids is 2. The molecular formula is C30H46O6. The first-order valence-corrected chi connectivity index (χ1v) is 14.1. The second-order valence-electron chi connectivity index (χ2n) is 14.4. The highest BCUT2D eigenvalue weighted by Gasteiger charge is 2.76. The summed E-state index contributed by atoms with van der Waals surface area (Å²) in [6, 6.07) is 0. The molecule has 5 fully saturated rings. The normalized spacial score (nSPS) is 55.7. The summed E-state index contributed by atoms with van der Waals surface area (Å²) in [5.41, 5.74) is -1.33. The molecule has 0 aliphatic heterocycles. The average Bonchev–Trinajstić information content (AvgIpc) is 3.27. The summed E-state index contributed by atoms with van der Waals surface area (Å²) in [5.74, 6) is -1.96. The molecule has 5 rings (SSSR count). The largest absolute Gasteiger partial charge is 0.481 e. The van der Waals surface area contributed by atoms with Gasteiger partial charge in [-0.2, -0.15) is 0 Å². The Hall–Kier alpha value is -1.40. The smallest absolute Gasteiger partial charge is 0.309 e. The number of hydrogen-bond acceptors (Lipinski definition) is 4. The molecule has 0 spiro atoms. The highest BCUT2D eigenvalue weighted by atomic mass is 16.4. The van der Waals surface area contributed by atoms with Gasteiger partial charge in [0.15, 0.2) is 0 Å². The van der Waals surface area contributed by atoms with E-state index >= 15 is 0 Å². The Labute approximate surface area is 215 Å². The second kappa shape index (κ2) is 7.81. The third-order valence-electron chi connectivity index (χ3n) is 13.7. The van der Waals surface area contributed by atoms with E-state index in [0.717, 1.165) is 50.5 Å². The highest BCUT2D eigenvalue weighted by Crippen LogP contribution is 2.79. The van der Waals surface area contributed by atoms with Gasteiger partial charge in [-0.1, -0.05) is 39.8 Å². The van der Waals surface area contributed by atoms with Gasteiger partial charge in [-0.3, -0.25) is 9.59 Å². The van der Waals surface area contributed by atoms with Crippen molar-refractivity contribution < 1.29 is 30.0 Å². The Bertz CT molecular complexity index is 992. The number of allylic oxidation sites excluding steroid dienone is 1. The molecule has 36 heavy (non-hydrogen) atoms. The van der Waals surface area contributed by atoms with E-state index in [4.69, 9.17) is 0 Å². The first-order valence-electron chi connectivity index (χ1n) is 14.1. The van der Waals surface area contributed by atoms with Crippen LogP contribution in [0, 0.1) is 62.6 Å². The van der Waals surface area contributed by atoms with Crippen molar-refractivity contribution in [2.45, 2.75) is 92.1 Å². The number of aliphatic hydroxyl groups excluding tert-OH is 2. The van der Waals surface area contributed by atoms with Gasteiger partial charge in [-0.05, 0) is 104 Å². The molecule has 4 unspecified atom stereocenters. The molecule has 6 nitrogen and oxygen atoms in total. The van der Waals surface area contributed by atoms with Crippen LogP contribution in [0.25, 0.3) is 0 Å². The summed E-state index contributed by atoms with van der Waals surface area (Å²) in [7, 11) is 0. The molecule has 0 heterocycles. The zero-order chi connectivity index (χ0) is 26.6. The Morgan fingerprint density at radius 3 is 2.11 bits per heavy atom. The highest BCUT2D eigenvalue weighted by molar-refractivity contribution is 5.76. The van der Waals surface area contributed by atoms with E-state index in [-0.39, 0.29) is 47.0 Å². The zero-order valence-electron chi connectivity index (χ0n) is 22.7. The van der Waals surface area contributed by atoms with E-state index in [0.29, 0.717) is 6.42 Å². The van der Waals surface area contributed by atoms with Crippen LogP contribution in [0.5, 0.6) is 0 Å². The van der Waals surface area contributed by atoms with Crippen molar-refractivity contribution >= 4 is 11.9 Å². The van der Waals surface area contributed by atoms with Crippen molar-refractivity contribution in [3.8, 4) is 0 Å². The number of hydrogen-bond donors (Lipinski definition) is 4. The summed E-state index contributed by atoms with van der Waals surface area (Å²) in [5, 5.41) is 42.6. The molecule has 202 valence electrons. The third kappa shape index (κ3) is 2.76. The Morgan fingerprint density at radius 2 is 1.56 bits per heavy atom. The topological polar surface area (TPSA) is 115 Å². The van der Waals surface area contributed by atoms with Crippen LogP contribution in [-0.4, -0.2) is 45.1 Å². The summed E-state index contributed by atoms with van der Waals surface area (Å²) in [6.07, 6.45) is 5.47. The average molecular weight is 503 g/mol. The number of fused-ring (bicyclic) bond motifs is 7. The van der Waals surface area contributed by atoms with Crippen molar-refractivity contribution in [2.24, 2.45) is 62.6 Å². The Kier molecular flexibility index (Phi) is 5.69.